The number of hydrogen-bond donors (Lipinski definition) is 0. The Balaban J connectivity index is 2.97. The molecule has 0 N–H and O–H groups in total. The Labute approximate surface area is 93.4 Å². The van der Waals surface area contributed by atoms with Crippen LogP contribution >= 0.6 is 31.9 Å². The van der Waals surface area contributed by atoms with Crippen LogP contribution in [0.5, 0.6) is 0 Å². The Hall–Kier alpha value is -0.410. The van der Waals surface area contributed by atoms with E-state index in [0.717, 1.165) is 19.8 Å². The van der Waals surface area contributed by atoms with Crippen LogP contribution in [-0.4, -0.2) is 4.98 Å². The van der Waals surface area contributed by atoms with Gasteiger partial charge in [-0.25, -0.2) is 0 Å². The molecular weight excluding hydrogens is 294 g/mol. The quantitative estimate of drug-likeness (QED) is 0.715. The van der Waals surface area contributed by atoms with Crippen molar-refractivity contribution in [2.24, 2.45) is 0 Å². The molecule has 1 aromatic heterocycles. The molecule has 0 atom stereocenters. The third-order valence-corrected chi connectivity index (χ3v) is 3.51. The Kier molecular flexibility index (Phi) is 2.39. The molecule has 13 heavy (non-hydrogen) atoms. The summed E-state index contributed by atoms with van der Waals surface area (Å²) in [5, 5.41) is 1.16. The SMILES string of the molecule is Cc1c(Br)cc(Br)c2cccnc12. The van der Waals surface area contributed by atoms with Gasteiger partial charge in [0.15, 0.2) is 0 Å². The Morgan fingerprint density at radius 1 is 1.23 bits per heavy atom. The average molecular weight is 301 g/mol. The summed E-state index contributed by atoms with van der Waals surface area (Å²) in [4.78, 5) is 4.34. The van der Waals surface area contributed by atoms with Crippen molar-refractivity contribution in [1.29, 1.82) is 0 Å². The predicted molar refractivity (Wildman–Crippen MR) is 61.9 cm³/mol. The normalized spacial score (nSPS) is 10.7. The highest BCUT2D eigenvalue weighted by Gasteiger charge is 2.05. The van der Waals surface area contributed by atoms with Gasteiger partial charge < -0.3 is 0 Å². The topological polar surface area (TPSA) is 12.9 Å². The lowest BCUT2D eigenvalue weighted by atomic mass is 10.1. The molecule has 0 spiro atoms. The van der Waals surface area contributed by atoms with E-state index in [0.29, 0.717) is 0 Å². The van der Waals surface area contributed by atoms with E-state index in [1.54, 1.807) is 0 Å². The predicted octanol–water partition coefficient (Wildman–Crippen LogP) is 4.07. The van der Waals surface area contributed by atoms with Crippen LogP contribution in [0.4, 0.5) is 0 Å². The molecule has 0 aliphatic carbocycles. The van der Waals surface area contributed by atoms with Gasteiger partial charge in [0.05, 0.1) is 5.52 Å². The molecule has 0 amide bonds. The second kappa shape index (κ2) is 3.39. The first-order valence-electron chi connectivity index (χ1n) is 3.89. The zero-order valence-electron chi connectivity index (χ0n) is 7.01. The van der Waals surface area contributed by atoms with E-state index in [2.05, 4.69) is 55.9 Å². The van der Waals surface area contributed by atoms with Crippen molar-refractivity contribution in [2.45, 2.75) is 6.92 Å². The number of nitrogens with zero attached hydrogens (tertiary/aromatic N) is 1. The van der Waals surface area contributed by atoms with Gasteiger partial charge in [-0.2, -0.15) is 0 Å². The van der Waals surface area contributed by atoms with Crippen LogP contribution in [0.25, 0.3) is 10.9 Å². The van der Waals surface area contributed by atoms with Crippen LogP contribution in [0.3, 0.4) is 0 Å². The molecule has 1 nitrogen and oxygen atoms in total. The number of benzene rings is 1. The number of rotatable bonds is 0. The summed E-state index contributed by atoms with van der Waals surface area (Å²) < 4.78 is 2.17. The minimum atomic E-state index is 1.05. The van der Waals surface area contributed by atoms with Crippen LogP contribution in [0, 0.1) is 6.92 Å². The van der Waals surface area contributed by atoms with Crippen LogP contribution in [-0.2, 0) is 0 Å². The molecule has 0 aliphatic rings. The molecule has 0 radical (unpaired) electrons. The van der Waals surface area contributed by atoms with Crippen molar-refractivity contribution >= 4 is 42.8 Å². The molecule has 0 saturated carbocycles. The van der Waals surface area contributed by atoms with E-state index >= 15 is 0 Å². The van der Waals surface area contributed by atoms with E-state index in [9.17, 15) is 0 Å². The van der Waals surface area contributed by atoms with Gasteiger partial charge in [-0.15, -0.1) is 0 Å². The standard InChI is InChI=1S/C10H7Br2N/c1-6-8(11)5-9(12)7-3-2-4-13-10(6)7/h2-5H,1H3. The molecule has 0 bridgehead atoms. The average Bonchev–Trinajstić information content (AvgIpc) is 2.15. The molecule has 1 heterocycles. The van der Waals surface area contributed by atoms with Gasteiger partial charge >= 0.3 is 0 Å². The minimum absolute atomic E-state index is 1.05. The van der Waals surface area contributed by atoms with E-state index in [1.807, 2.05) is 12.3 Å². The number of hydrogen-bond acceptors (Lipinski definition) is 1. The fourth-order valence-electron chi connectivity index (χ4n) is 1.31. The van der Waals surface area contributed by atoms with Gasteiger partial charge in [-0.1, -0.05) is 37.9 Å². The van der Waals surface area contributed by atoms with Crippen LogP contribution < -0.4 is 0 Å². The maximum atomic E-state index is 4.34. The monoisotopic (exact) mass is 299 g/mol. The van der Waals surface area contributed by atoms with Gasteiger partial charge in [0.25, 0.3) is 0 Å². The molecule has 0 aliphatic heterocycles. The summed E-state index contributed by atoms with van der Waals surface area (Å²) in [5.41, 5.74) is 2.22. The lowest BCUT2D eigenvalue weighted by Crippen LogP contribution is -1.85. The minimum Gasteiger partial charge on any atom is -0.256 e. The number of halogens is 2. The van der Waals surface area contributed by atoms with Crippen molar-refractivity contribution in [3.63, 3.8) is 0 Å². The summed E-state index contributed by atoms with van der Waals surface area (Å²) in [7, 11) is 0. The summed E-state index contributed by atoms with van der Waals surface area (Å²) >= 11 is 7.01. The first-order valence-corrected chi connectivity index (χ1v) is 5.48. The maximum Gasteiger partial charge on any atom is 0.0753 e. The third-order valence-electron chi connectivity index (χ3n) is 2.03. The Morgan fingerprint density at radius 2 is 2.00 bits per heavy atom. The van der Waals surface area contributed by atoms with Crippen molar-refractivity contribution in [3.05, 3.63) is 38.9 Å². The highest BCUT2D eigenvalue weighted by molar-refractivity contribution is 9.11. The highest BCUT2D eigenvalue weighted by atomic mass is 79.9. The summed E-state index contributed by atoms with van der Waals surface area (Å²) in [5.74, 6) is 0. The largest absolute Gasteiger partial charge is 0.256 e. The third kappa shape index (κ3) is 1.51. The zero-order chi connectivity index (χ0) is 9.42. The van der Waals surface area contributed by atoms with E-state index in [1.165, 1.54) is 5.56 Å². The Morgan fingerprint density at radius 3 is 2.77 bits per heavy atom. The van der Waals surface area contributed by atoms with Crippen molar-refractivity contribution < 1.29 is 0 Å². The van der Waals surface area contributed by atoms with Gasteiger partial charge in [0.2, 0.25) is 0 Å². The number of aromatic nitrogens is 1. The smallest absolute Gasteiger partial charge is 0.0753 e. The van der Waals surface area contributed by atoms with E-state index in [4.69, 9.17) is 0 Å². The van der Waals surface area contributed by atoms with Gasteiger partial charge in [0, 0.05) is 20.5 Å². The number of pyridine rings is 1. The van der Waals surface area contributed by atoms with Gasteiger partial charge in [0.1, 0.15) is 0 Å². The molecule has 0 saturated heterocycles. The molecule has 1 aromatic carbocycles. The molecule has 0 unspecified atom stereocenters. The van der Waals surface area contributed by atoms with Crippen molar-refractivity contribution in [3.8, 4) is 0 Å². The molecule has 0 fully saturated rings. The van der Waals surface area contributed by atoms with Gasteiger partial charge in [-0.05, 0) is 24.6 Å². The second-order valence-electron chi connectivity index (χ2n) is 2.86. The fraction of sp³-hybridized carbons (Fsp3) is 0.100. The Bertz CT molecular complexity index is 466. The molecular formula is C10H7Br2N. The van der Waals surface area contributed by atoms with Gasteiger partial charge in [-0.3, -0.25) is 4.98 Å². The molecule has 2 aromatic rings. The second-order valence-corrected chi connectivity index (χ2v) is 4.57. The van der Waals surface area contributed by atoms with Crippen molar-refractivity contribution in [2.75, 3.05) is 0 Å². The molecule has 66 valence electrons. The molecule has 2 rings (SSSR count). The highest BCUT2D eigenvalue weighted by Crippen LogP contribution is 2.30. The summed E-state index contributed by atoms with van der Waals surface area (Å²) in [6.45, 7) is 2.06. The van der Waals surface area contributed by atoms with Crippen molar-refractivity contribution in [1.82, 2.24) is 4.98 Å². The maximum absolute atomic E-state index is 4.34. The lowest BCUT2D eigenvalue weighted by Gasteiger charge is -2.05. The van der Waals surface area contributed by atoms with Crippen LogP contribution in [0.15, 0.2) is 33.3 Å². The van der Waals surface area contributed by atoms with Crippen LogP contribution in [0.2, 0.25) is 0 Å². The zero-order valence-corrected chi connectivity index (χ0v) is 10.2. The molecule has 3 heteroatoms. The fourth-order valence-corrected chi connectivity index (χ4v) is 2.58. The number of fused-ring (bicyclic) bond motifs is 1. The van der Waals surface area contributed by atoms with E-state index < -0.39 is 0 Å². The summed E-state index contributed by atoms with van der Waals surface area (Å²) in [6.07, 6.45) is 1.81. The van der Waals surface area contributed by atoms with E-state index in [-0.39, 0.29) is 0 Å². The first-order chi connectivity index (χ1) is 6.20. The summed E-state index contributed by atoms with van der Waals surface area (Å²) in [6, 6.07) is 6.06. The lowest BCUT2D eigenvalue weighted by molar-refractivity contribution is 1.35. The number of aryl methyl sites for hydroxylation is 1. The van der Waals surface area contributed by atoms with Crippen LogP contribution in [0.1, 0.15) is 5.56 Å². The first kappa shape index (κ1) is 9.16.